The lowest BCUT2D eigenvalue weighted by Gasteiger charge is -2.14. The zero-order valence-corrected chi connectivity index (χ0v) is 16.5. The Kier molecular flexibility index (Phi) is 7.21. The van der Waals surface area contributed by atoms with Gasteiger partial charge in [-0.05, 0) is 28.7 Å². The molecule has 0 spiro atoms. The molecule has 0 heterocycles. The molecule has 2 aromatic carbocycles. The number of amides is 2. The summed E-state index contributed by atoms with van der Waals surface area (Å²) in [7, 11) is 0. The van der Waals surface area contributed by atoms with E-state index in [1.165, 1.54) is 17.2 Å². The highest BCUT2D eigenvalue weighted by molar-refractivity contribution is 5.80. The van der Waals surface area contributed by atoms with Crippen LogP contribution >= 0.6 is 0 Å². The summed E-state index contributed by atoms with van der Waals surface area (Å²) in [6.45, 7) is 0.719. The summed E-state index contributed by atoms with van der Waals surface area (Å²) in [5.74, 6) is -1.26. The van der Waals surface area contributed by atoms with Crippen LogP contribution in [0.25, 0.3) is 11.1 Å². The molecule has 2 amide bonds. The zero-order valence-electron chi connectivity index (χ0n) is 16.5. The molecule has 0 bridgehead atoms. The SMILES string of the molecule is O=C(O)/C=C/CNC(=O)CCCNC(=O)OCC1c2ccccc2-c2ccccc21. The van der Waals surface area contributed by atoms with Crippen LogP contribution in [0.5, 0.6) is 0 Å². The minimum absolute atomic E-state index is 0.00721. The lowest BCUT2D eigenvalue weighted by Crippen LogP contribution is -2.29. The van der Waals surface area contributed by atoms with Gasteiger partial charge in [0.05, 0.1) is 0 Å². The summed E-state index contributed by atoms with van der Waals surface area (Å²) in [5, 5.41) is 13.7. The first kappa shape index (κ1) is 21.1. The molecule has 0 fully saturated rings. The quantitative estimate of drug-likeness (QED) is 0.437. The largest absolute Gasteiger partial charge is 0.478 e. The van der Waals surface area contributed by atoms with Crippen molar-refractivity contribution in [3.63, 3.8) is 0 Å². The van der Waals surface area contributed by atoms with Gasteiger partial charge in [-0.1, -0.05) is 54.6 Å². The van der Waals surface area contributed by atoms with Crippen molar-refractivity contribution < 1.29 is 24.2 Å². The number of benzene rings is 2. The van der Waals surface area contributed by atoms with Gasteiger partial charge in [-0.15, -0.1) is 0 Å². The monoisotopic (exact) mass is 408 g/mol. The normalized spacial score (nSPS) is 12.3. The molecule has 0 atom stereocenters. The molecule has 2 aromatic rings. The van der Waals surface area contributed by atoms with Crippen molar-refractivity contribution in [1.29, 1.82) is 0 Å². The maximum atomic E-state index is 12.0. The Hall–Kier alpha value is -3.61. The molecule has 1 aliphatic rings. The summed E-state index contributed by atoms with van der Waals surface area (Å²) in [6, 6.07) is 16.3. The molecule has 3 rings (SSSR count). The van der Waals surface area contributed by atoms with Crippen molar-refractivity contribution in [2.75, 3.05) is 19.7 Å². The van der Waals surface area contributed by atoms with Crippen molar-refractivity contribution in [2.45, 2.75) is 18.8 Å². The van der Waals surface area contributed by atoms with Crippen molar-refractivity contribution in [3.8, 4) is 11.1 Å². The van der Waals surface area contributed by atoms with E-state index in [1.807, 2.05) is 24.3 Å². The fourth-order valence-electron chi connectivity index (χ4n) is 3.51. The maximum absolute atomic E-state index is 12.0. The van der Waals surface area contributed by atoms with Crippen molar-refractivity contribution >= 4 is 18.0 Å². The first-order valence-electron chi connectivity index (χ1n) is 9.81. The number of ether oxygens (including phenoxy) is 1. The Labute approximate surface area is 174 Å². The standard InChI is InChI=1S/C23H24N2O5/c26-21(24-13-6-12-22(27)28)11-5-14-25-23(29)30-15-20-18-9-3-1-7-16(18)17-8-2-4-10-19(17)20/h1-4,6-10,12,20H,5,11,13-15H2,(H,24,26)(H,25,29)(H,27,28)/b12-6+. The van der Waals surface area contributed by atoms with Gasteiger partial charge in [0.1, 0.15) is 6.61 Å². The van der Waals surface area contributed by atoms with E-state index >= 15 is 0 Å². The van der Waals surface area contributed by atoms with Crippen LogP contribution in [0.4, 0.5) is 4.79 Å². The molecule has 7 heteroatoms. The van der Waals surface area contributed by atoms with Crippen LogP contribution in [0.1, 0.15) is 29.9 Å². The second-order valence-corrected chi connectivity index (χ2v) is 6.90. The van der Waals surface area contributed by atoms with Crippen molar-refractivity contribution in [3.05, 3.63) is 71.8 Å². The Balaban J connectivity index is 1.39. The number of rotatable bonds is 9. The average Bonchev–Trinajstić information content (AvgIpc) is 3.06. The fraction of sp³-hybridized carbons (Fsp3) is 0.261. The smallest absolute Gasteiger partial charge is 0.407 e. The first-order valence-corrected chi connectivity index (χ1v) is 9.81. The van der Waals surface area contributed by atoms with Crippen LogP contribution < -0.4 is 10.6 Å². The van der Waals surface area contributed by atoms with Crippen LogP contribution in [0.3, 0.4) is 0 Å². The number of carbonyl (C=O) groups excluding carboxylic acids is 2. The van der Waals surface area contributed by atoms with E-state index < -0.39 is 12.1 Å². The van der Waals surface area contributed by atoms with Gasteiger partial charge in [-0.3, -0.25) is 4.79 Å². The minimum atomic E-state index is -1.06. The highest BCUT2D eigenvalue weighted by Crippen LogP contribution is 2.44. The van der Waals surface area contributed by atoms with Crippen LogP contribution in [0.15, 0.2) is 60.7 Å². The van der Waals surface area contributed by atoms with Gasteiger partial charge in [0.15, 0.2) is 0 Å². The highest BCUT2D eigenvalue weighted by atomic mass is 16.5. The van der Waals surface area contributed by atoms with Crippen molar-refractivity contribution in [2.24, 2.45) is 0 Å². The van der Waals surface area contributed by atoms with Crippen molar-refractivity contribution in [1.82, 2.24) is 10.6 Å². The van der Waals surface area contributed by atoms with Gasteiger partial charge in [0, 0.05) is 31.5 Å². The third-order valence-corrected chi connectivity index (χ3v) is 4.87. The number of carbonyl (C=O) groups is 3. The second kappa shape index (κ2) is 10.2. The molecular formula is C23H24N2O5. The van der Waals surface area contributed by atoms with Crippen LogP contribution in [-0.4, -0.2) is 42.8 Å². The molecule has 7 nitrogen and oxygen atoms in total. The molecule has 0 saturated heterocycles. The summed E-state index contributed by atoms with van der Waals surface area (Å²) in [6.07, 6.45) is 2.50. The lowest BCUT2D eigenvalue weighted by molar-refractivity contribution is -0.131. The minimum Gasteiger partial charge on any atom is -0.478 e. The number of alkyl carbamates (subject to hydrolysis) is 1. The van der Waals surface area contributed by atoms with Gasteiger partial charge in [0.25, 0.3) is 0 Å². The summed E-state index contributed by atoms with van der Waals surface area (Å²) in [5.41, 5.74) is 4.65. The number of fused-ring (bicyclic) bond motifs is 3. The predicted octanol–water partition coefficient (Wildman–Crippen LogP) is 3.06. The van der Waals surface area contributed by atoms with E-state index in [2.05, 4.69) is 34.9 Å². The number of nitrogens with one attached hydrogen (secondary N) is 2. The van der Waals surface area contributed by atoms with Crippen LogP contribution in [0.2, 0.25) is 0 Å². The molecule has 156 valence electrons. The first-order chi connectivity index (χ1) is 14.6. The number of aliphatic carboxylic acids is 1. The lowest BCUT2D eigenvalue weighted by atomic mass is 9.98. The molecule has 0 saturated carbocycles. The topological polar surface area (TPSA) is 105 Å². The third kappa shape index (κ3) is 5.47. The molecule has 0 aliphatic heterocycles. The van der Waals surface area contributed by atoms with Crippen LogP contribution in [-0.2, 0) is 14.3 Å². The van der Waals surface area contributed by atoms with E-state index in [0.29, 0.717) is 13.0 Å². The molecule has 3 N–H and O–H groups in total. The highest BCUT2D eigenvalue weighted by Gasteiger charge is 2.28. The van der Waals surface area contributed by atoms with E-state index in [-0.39, 0.29) is 31.4 Å². The average molecular weight is 408 g/mol. The number of hydrogen-bond acceptors (Lipinski definition) is 4. The fourth-order valence-corrected chi connectivity index (χ4v) is 3.51. The summed E-state index contributed by atoms with van der Waals surface area (Å²) in [4.78, 5) is 34.0. The molecule has 30 heavy (non-hydrogen) atoms. The van der Waals surface area contributed by atoms with E-state index in [0.717, 1.165) is 17.2 Å². The van der Waals surface area contributed by atoms with E-state index in [9.17, 15) is 14.4 Å². The summed E-state index contributed by atoms with van der Waals surface area (Å²) >= 11 is 0. The maximum Gasteiger partial charge on any atom is 0.407 e. The Morgan fingerprint density at radius 3 is 2.23 bits per heavy atom. The third-order valence-electron chi connectivity index (χ3n) is 4.87. The molecular weight excluding hydrogens is 384 g/mol. The molecule has 0 radical (unpaired) electrons. The Morgan fingerprint density at radius 2 is 1.60 bits per heavy atom. The van der Waals surface area contributed by atoms with Gasteiger partial charge < -0.3 is 20.5 Å². The Morgan fingerprint density at radius 1 is 0.967 bits per heavy atom. The predicted molar refractivity (Wildman–Crippen MR) is 112 cm³/mol. The van der Waals surface area contributed by atoms with E-state index in [1.54, 1.807) is 0 Å². The number of carboxylic acids is 1. The number of hydrogen-bond donors (Lipinski definition) is 3. The summed E-state index contributed by atoms with van der Waals surface area (Å²) < 4.78 is 5.43. The Bertz CT molecular complexity index is 909. The van der Waals surface area contributed by atoms with Gasteiger partial charge in [0.2, 0.25) is 5.91 Å². The van der Waals surface area contributed by atoms with Crippen LogP contribution in [0, 0.1) is 0 Å². The van der Waals surface area contributed by atoms with E-state index in [4.69, 9.17) is 9.84 Å². The van der Waals surface area contributed by atoms with Gasteiger partial charge in [-0.2, -0.15) is 0 Å². The van der Waals surface area contributed by atoms with Gasteiger partial charge >= 0.3 is 12.1 Å². The number of carboxylic acid groups (broad SMARTS) is 1. The molecule has 1 aliphatic carbocycles. The van der Waals surface area contributed by atoms with Gasteiger partial charge in [-0.25, -0.2) is 9.59 Å². The molecule has 0 aromatic heterocycles. The molecule has 0 unspecified atom stereocenters. The second-order valence-electron chi connectivity index (χ2n) is 6.90. The zero-order chi connectivity index (χ0) is 21.3.